The molecule has 0 aliphatic carbocycles. The number of rotatable bonds is 7. The molecule has 0 spiro atoms. The standard InChI is InChI=1S/C23H21N5O4/c1-24-21(29)18-12-16(10-11-26-18)31-15-8-9-17-19(13-15)32-23(27-17)28-20(22(30)25-2)14-6-4-3-5-7-14/h3-13,20H,1-2H3,(H,24,29)(H,25,30)(H,27,28)/t20-/m1/s1. The van der Waals surface area contributed by atoms with Crippen LogP contribution in [0.5, 0.6) is 11.5 Å². The number of fused-ring (bicyclic) bond motifs is 1. The van der Waals surface area contributed by atoms with E-state index in [9.17, 15) is 9.59 Å². The highest BCUT2D eigenvalue weighted by molar-refractivity contribution is 5.92. The van der Waals surface area contributed by atoms with Crippen molar-refractivity contribution in [2.24, 2.45) is 0 Å². The molecule has 0 fully saturated rings. The zero-order chi connectivity index (χ0) is 22.5. The van der Waals surface area contributed by atoms with Crippen molar-refractivity contribution >= 4 is 28.9 Å². The van der Waals surface area contributed by atoms with E-state index in [4.69, 9.17) is 9.15 Å². The van der Waals surface area contributed by atoms with Gasteiger partial charge in [0.1, 0.15) is 28.8 Å². The van der Waals surface area contributed by atoms with E-state index < -0.39 is 6.04 Å². The lowest BCUT2D eigenvalue weighted by Crippen LogP contribution is -2.30. The smallest absolute Gasteiger partial charge is 0.296 e. The molecule has 4 aromatic rings. The number of hydrogen-bond acceptors (Lipinski definition) is 7. The predicted octanol–water partition coefficient (Wildman–Crippen LogP) is 3.27. The number of aromatic nitrogens is 2. The Hall–Kier alpha value is -4.40. The lowest BCUT2D eigenvalue weighted by atomic mass is 10.1. The van der Waals surface area contributed by atoms with Gasteiger partial charge in [0.25, 0.3) is 11.9 Å². The Bertz CT molecular complexity index is 1260. The number of carbonyl (C=O) groups excluding carboxylic acids is 2. The summed E-state index contributed by atoms with van der Waals surface area (Å²) in [7, 11) is 3.11. The highest BCUT2D eigenvalue weighted by Gasteiger charge is 2.21. The number of amides is 2. The molecule has 0 bridgehead atoms. The molecule has 2 amide bonds. The van der Waals surface area contributed by atoms with E-state index in [1.54, 1.807) is 37.4 Å². The van der Waals surface area contributed by atoms with Crippen molar-refractivity contribution in [1.29, 1.82) is 0 Å². The number of pyridine rings is 1. The number of likely N-dealkylation sites (N-methyl/N-ethyl adjacent to an activating group) is 1. The average molecular weight is 431 g/mol. The molecular formula is C23H21N5O4. The first-order valence-corrected chi connectivity index (χ1v) is 9.87. The van der Waals surface area contributed by atoms with Gasteiger partial charge in [-0.05, 0) is 23.8 Å². The first-order chi connectivity index (χ1) is 15.6. The number of oxazole rings is 1. The second-order valence-electron chi connectivity index (χ2n) is 6.81. The van der Waals surface area contributed by atoms with Crippen molar-refractivity contribution < 1.29 is 18.7 Å². The molecule has 0 radical (unpaired) electrons. The van der Waals surface area contributed by atoms with Crippen molar-refractivity contribution in [1.82, 2.24) is 20.6 Å². The van der Waals surface area contributed by atoms with Crippen LogP contribution in [0.25, 0.3) is 11.1 Å². The van der Waals surface area contributed by atoms with Crippen molar-refractivity contribution in [3.05, 3.63) is 78.1 Å². The third kappa shape index (κ3) is 4.51. The topological polar surface area (TPSA) is 118 Å². The van der Waals surface area contributed by atoms with Crippen LogP contribution in [0.1, 0.15) is 22.1 Å². The Morgan fingerprint density at radius 2 is 1.75 bits per heavy atom. The first-order valence-electron chi connectivity index (χ1n) is 9.87. The molecule has 162 valence electrons. The fourth-order valence-corrected chi connectivity index (χ4v) is 3.11. The lowest BCUT2D eigenvalue weighted by Gasteiger charge is -2.16. The van der Waals surface area contributed by atoms with Gasteiger partial charge in [0.15, 0.2) is 5.58 Å². The average Bonchev–Trinajstić information content (AvgIpc) is 3.24. The van der Waals surface area contributed by atoms with Gasteiger partial charge in [-0.3, -0.25) is 14.6 Å². The van der Waals surface area contributed by atoms with Crippen molar-refractivity contribution in [3.8, 4) is 11.5 Å². The van der Waals surface area contributed by atoms with Crippen molar-refractivity contribution in [2.75, 3.05) is 19.4 Å². The van der Waals surface area contributed by atoms with Gasteiger partial charge in [-0.25, -0.2) is 0 Å². The molecule has 3 N–H and O–H groups in total. The van der Waals surface area contributed by atoms with Crippen LogP contribution in [0.4, 0.5) is 6.01 Å². The third-order valence-electron chi connectivity index (χ3n) is 4.70. The van der Waals surface area contributed by atoms with Gasteiger partial charge in [0, 0.05) is 32.4 Å². The Morgan fingerprint density at radius 3 is 2.50 bits per heavy atom. The minimum absolute atomic E-state index is 0.209. The number of ether oxygens (including phenoxy) is 1. The van der Waals surface area contributed by atoms with Crippen LogP contribution in [0.3, 0.4) is 0 Å². The van der Waals surface area contributed by atoms with E-state index in [-0.39, 0.29) is 23.5 Å². The summed E-state index contributed by atoms with van der Waals surface area (Å²) in [6.45, 7) is 0. The number of nitrogens with zero attached hydrogens (tertiary/aromatic N) is 2. The minimum Gasteiger partial charge on any atom is -0.457 e. The number of nitrogens with one attached hydrogen (secondary N) is 3. The summed E-state index contributed by atoms with van der Waals surface area (Å²) >= 11 is 0. The molecule has 2 aromatic carbocycles. The monoisotopic (exact) mass is 431 g/mol. The van der Waals surface area contributed by atoms with Gasteiger partial charge >= 0.3 is 0 Å². The predicted molar refractivity (Wildman–Crippen MR) is 119 cm³/mol. The molecule has 32 heavy (non-hydrogen) atoms. The largest absolute Gasteiger partial charge is 0.457 e. The van der Waals surface area contributed by atoms with Gasteiger partial charge in [-0.2, -0.15) is 4.98 Å². The van der Waals surface area contributed by atoms with E-state index in [0.717, 1.165) is 5.56 Å². The fraction of sp³-hybridized carbons (Fsp3) is 0.130. The number of hydrogen-bond donors (Lipinski definition) is 3. The highest BCUT2D eigenvalue weighted by atomic mass is 16.5. The Labute approximate surface area is 183 Å². The van der Waals surface area contributed by atoms with Gasteiger partial charge in [0.05, 0.1) is 0 Å². The van der Waals surface area contributed by atoms with Crippen LogP contribution < -0.4 is 20.7 Å². The van der Waals surface area contributed by atoms with E-state index in [1.165, 1.54) is 13.2 Å². The first kappa shape index (κ1) is 20.9. The van der Waals surface area contributed by atoms with E-state index >= 15 is 0 Å². The summed E-state index contributed by atoms with van der Waals surface area (Å²) in [5.74, 6) is 0.438. The summed E-state index contributed by atoms with van der Waals surface area (Å²) in [5.41, 5.74) is 2.11. The Balaban J connectivity index is 1.56. The lowest BCUT2D eigenvalue weighted by molar-refractivity contribution is -0.121. The SMILES string of the molecule is CNC(=O)c1cc(Oc2ccc3nc(N[C@@H](C(=O)NC)c4ccccc4)oc3c2)ccn1. The number of anilines is 1. The second-order valence-corrected chi connectivity index (χ2v) is 6.81. The van der Waals surface area contributed by atoms with Gasteiger partial charge in [-0.1, -0.05) is 30.3 Å². The summed E-state index contributed by atoms with van der Waals surface area (Å²) < 4.78 is 11.7. The maximum atomic E-state index is 12.4. The molecule has 9 heteroatoms. The molecule has 0 aliphatic heterocycles. The van der Waals surface area contributed by atoms with E-state index in [0.29, 0.717) is 22.6 Å². The Kier molecular flexibility index (Phi) is 5.98. The Morgan fingerprint density at radius 1 is 0.969 bits per heavy atom. The molecule has 0 aliphatic rings. The van der Waals surface area contributed by atoms with Gasteiger partial charge < -0.3 is 25.1 Å². The summed E-state index contributed by atoms with van der Waals surface area (Å²) in [6.07, 6.45) is 1.50. The molecule has 0 saturated heterocycles. The van der Waals surface area contributed by atoms with Crippen LogP contribution >= 0.6 is 0 Å². The molecule has 1 atom stereocenters. The van der Waals surface area contributed by atoms with Crippen molar-refractivity contribution in [3.63, 3.8) is 0 Å². The fourth-order valence-electron chi connectivity index (χ4n) is 3.11. The van der Waals surface area contributed by atoms with Crippen molar-refractivity contribution in [2.45, 2.75) is 6.04 Å². The van der Waals surface area contributed by atoms with Crippen LogP contribution in [-0.4, -0.2) is 35.9 Å². The molecular weight excluding hydrogens is 410 g/mol. The van der Waals surface area contributed by atoms with Crippen LogP contribution in [0, 0.1) is 0 Å². The van der Waals surface area contributed by atoms with E-state index in [1.807, 2.05) is 30.3 Å². The molecule has 2 heterocycles. The zero-order valence-electron chi connectivity index (χ0n) is 17.5. The maximum Gasteiger partial charge on any atom is 0.296 e. The molecule has 4 rings (SSSR count). The molecule has 0 unspecified atom stereocenters. The van der Waals surface area contributed by atoms with Gasteiger partial charge in [0.2, 0.25) is 5.91 Å². The molecule has 0 saturated carbocycles. The highest BCUT2D eigenvalue weighted by Crippen LogP contribution is 2.29. The quantitative estimate of drug-likeness (QED) is 0.411. The molecule has 9 nitrogen and oxygen atoms in total. The van der Waals surface area contributed by atoms with Crippen LogP contribution in [0.15, 0.2) is 71.3 Å². The minimum atomic E-state index is -0.662. The van der Waals surface area contributed by atoms with Crippen LogP contribution in [0.2, 0.25) is 0 Å². The normalized spacial score (nSPS) is 11.6. The van der Waals surface area contributed by atoms with E-state index in [2.05, 4.69) is 25.9 Å². The molecule has 2 aromatic heterocycles. The summed E-state index contributed by atoms with van der Waals surface area (Å²) in [4.78, 5) is 32.6. The summed E-state index contributed by atoms with van der Waals surface area (Å²) in [6, 6.07) is 17.2. The second kappa shape index (κ2) is 9.17. The van der Waals surface area contributed by atoms with Crippen LogP contribution in [-0.2, 0) is 4.79 Å². The maximum absolute atomic E-state index is 12.4. The third-order valence-corrected chi connectivity index (χ3v) is 4.70. The van der Waals surface area contributed by atoms with Gasteiger partial charge in [-0.15, -0.1) is 0 Å². The number of carbonyl (C=O) groups is 2. The summed E-state index contributed by atoms with van der Waals surface area (Å²) in [5, 5.41) is 8.22. The zero-order valence-corrected chi connectivity index (χ0v) is 17.5. The number of benzene rings is 2.